The summed E-state index contributed by atoms with van der Waals surface area (Å²) < 4.78 is 0. The Balaban J connectivity index is 0.000000370. The van der Waals surface area contributed by atoms with Crippen LogP contribution in [-0.4, -0.2) is 62.6 Å². The van der Waals surface area contributed by atoms with Crippen LogP contribution in [0.25, 0.3) is 0 Å². The maximum absolute atomic E-state index is 12.9. The highest BCUT2D eigenvalue weighted by atomic mass is 16.4. The molecule has 0 unspecified atom stereocenters. The molecule has 10 heteroatoms. The van der Waals surface area contributed by atoms with E-state index >= 15 is 0 Å². The van der Waals surface area contributed by atoms with Crippen molar-refractivity contribution in [1.82, 2.24) is 20.2 Å². The Morgan fingerprint density at radius 1 is 1.06 bits per heavy atom. The van der Waals surface area contributed by atoms with Gasteiger partial charge in [0.25, 0.3) is 23.4 Å². The van der Waals surface area contributed by atoms with Gasteiger partial charge >= 0.3 is 0 Å². The number of rotatable bonds is 2. The van der Waals surface area contributed by atoms with E-state index < -0.39 is 17.5 Å². The average molecular weight is 430 g/mol. The van der Waals surface area contributed by atoms with Crippen LogP contribution in [0.5, 0.6) is 0 Å². The molecule has 2 fully saturated rings. The first-order chi connectivity index (χ1) is 14.7. The van der Waals surface area contributed by atoms with Crippen molar-refractivity contribution in [3.05, 3.63) is 64.3 Å². The summed E-state index contributed by atoms with van der Waals surface area (Å²) in [6, 6.07) is 10.0. The first-order valence-electron chi connectivity index (χ1n) is 9.71. The van der Waals surface area contributed by atoms with Gasteiger partial charge in [-0.15, -0.1) is 0 Å². The predicted octanol–water partition coefficient (Wildman–Crippen LogP) is 0.984. The number of carbonyl (C=O) groups excluding carboxylic acids is 1. The van der Waals surface area contributed by atoms with Crippen molar-refractivity contribution < 1.29 is 24.6 Å². The van der Waals surface area contributed by atoms with Crippen LogP contribution in [0, 0.1) is 11.8 Å². The average Bonchev–Trinajstić information content (AvgIpc) is 3.29. The summed E-state index contributed by atoms with van der Waals surface area (Å²) in [5.41, 5.74) is 0.658. The van der Waals surface area contributed by atoms with Crippen LogP contribution in [0.2, 0.25) is 0 Å². The highest BCUT2D eigenvalue weighted by Gasteiger charge is 2.47. The summed E-state index contributed by atoms with van der Waals surface area (Å²) in [6.45, 7) is 4.63. The Kier molecular flexibility index (Phi) is 8.44. The second kappa shape index (κ2) is 11.0. The molecule has 0 bridgehead atoms. The van der Waals surface area contributed by atoms with Gasteiger partial charge in [0.1, 0.15) is 0 Å². The first-order valence-corrected chi connectivity index (χ1v) is 9.71. The van der Waals surface area contributed by atoms with Crippen molar-refractivity contribution in [2.24, 2.45) is 11.8 Å². The molecule has 2 aliphatic heterocycles. The van der Waals surface area contributed by atoms with Gasteiger partial charge in [-0.1, -0.05) is 30.3 Å². The van der Waals surface area contributed by atoms with Crippen LogP contribution in [0.3, 0.4) is 0 Å². The minimum atomic E-state index is -0.833. The standard InChI is InChI=1S/C17H18N4O2.2C2H4O2/c22-16-14(19-6-7-20-16)17(23)21-10-12-8-18-9-13(12)15(21)11-4-2-1-3-5-11;2*1-2(3)4/h1-7,12-13,15,18H,8-10H2,(H,20,22);2*1H3,(H,3,4)/t12-,13-,15+;;/m0../s1. The van der Waals surface area contributed by atoms with E-state index in [0.29, 0.717) is 18.4 Å². The number of amides is 1. The molecule has 10 nitrogen and oxygen atoms in total. The van der Waals surface area contributed by atoms with Crippen molar-refractivity contribution >= 4 is 17.8 Å². The van der Waals surface area contributed by atoms with Gasteiger partial charge in [0.2, 0.25) is 0 Å². The summed E-state index contributed by atoms with van der Waals surface area (Å²) in [4.78, 5) is 51.2. The lowest BCUT2D eigenvalue weighted by Gasteiger charge is -2.28. The highest BCUT2D eigenvalue weighted by molar-refractivity contribution is 5.92. The minimum Gasteiger partial charge on any atom is -0.481 e. The monoisotopic (exact) mass is 430 g/mol. The fourth-order valence-corrected chi connectivity index (χ4v) is 3.85. The van der Waals surface area contributed by atoms with E-state index in [2.05, 4.69) is 15.3 Å². The smallest absolute Gasteiger partial charge is 0.300 e. The van der Waals surface area contributed by atoms with Gasteiger partial charge in [-0.05, 0) is 11.5 Å². The zero-order valence-corrected chi connectivity index (χ0v) is 17.3. The Morgan fingerprint density at radius 2 is 1.68 bits per heavy atom. The predicted molar refractivity (Wildman–Crippen MR) is 112 cm³/mol. The first kappa shape index (κ1) is 23.7. The molecule has 2 aliphatic rings. The Bertz CT molecular complexity index is 942. The Morgan fingerprint density at radius 3 is 2.26 bits per heavy atom. The third-order valence-corrected chi connectivity index (χ3v) is 4.88. The molecule has 4 rings (SSSR count). The largest absolute Gasteiger partial charge is 0.481 e. The van der Waals surface area contributed by atoms with E-state index in [1.54, 1.807) is 0 Å². The molecular weight excluding hydrogens is 404 g/mol. The third-order valence-electron chi connectivity index (χ3n) is 4.88. The van der Waals surface area contributed by atoms with E-state index in [4.69, 9.17) is 19.8 Å². The number of nitrogens with zero attached hydrogens (tertiary/aromatic N) is 2. The summed E-state index contributed by atoms with van der Waals surface area (Å²) in [5.74, 6) is -1.15. The summed E-state index contributed by atoms with van der Waals surface area (Å²) in [6.07, 6.45) is 2.89. The van der Waals surface area contributed by atoms with Crippen LogP contribution < -0.4 is 10.9 Å². The lowest BCUT2D eigenvalue weighted by Crippen LogP contribution is -2.38. The van der Waals surface area contributed by atoms with Crippen LogP contribution in [0.4, 0.5) is 0 Å². The number of likely N-dealkylation sites (tertiary alicyclic amines) is 1. The van der Waals surface area contributed by atoms with Crippen molar-refractivity contribution in [3.63, 3.8) is 0 Å². The molecule has 3 heterocycles. The molecule has 0 radical (unpaired) electrons. The molecule has 2 aromatic rings. The van der Waals surface area contributed by atoms with Crippen molar-refractivity contribution in [2.75, 3.05) is 19.6 Å². The van der Waals surface area contributed by atoms with E-state index in [-0.39, 0.29) is 17.6 Å². The Hall–Kier alpha value is -3.53. The maximum Gasteiger partial charge on any atom is 0.300 e. The number of benzene rings is 1. The topological polar surface area (TPSA) is 153 Å². The number of H-pyrrole nitrogens is 1. The van der Waals surface area contributed by atoms with Gasteiger partial charge in [0, 0.05) is 51.8 Å². The second-order valence-corrected chi connectivity index (χ2v) is 7.20. The minimum absolute atomic E-state index is 0.00916. The van der Waals surface area contributed by atoms with Crippen LogP contribution in [0.15, 0.2) is 47.5 Å². The number of hydrogen-bond acceptors (Lipinski definition) is 6. The van der Waals surface area contributed by atoms with Crippen LogP contribution in [0.1, 0.15) is 35.9 Å². The van der Waals surface area contributed by atoms with Gasteiger partial charge in [-0.25, -0.2) is 4.98 Å². The number of carboxylic acids is 2. The SMILES string of the molecule is CC(=O)O.CC(=O)O.O=C(c1ncc[nH]c1=O)N1C[C@@H]2CNC[C@@H]2[C@H]1c1ccccc1. The molecule has 31 heavy (non-hydrogen) atoms. The number of nitrogens with one attached hydrogen (secondary N) is 2. The lowest BCUT2D eigenvalue weighted by atomic mass is 9.89. The molecule has 3 atom stereocenters. The fourth-order valence-electron chi connectivity index (χ4n) is 3.85. The molecule has 1 aromatic heterocycles. The third kappa shape index (κ3) is 6.48. The number of aromatic amines is 1. The number of carbonyl (C=O) groups is 3. The number of aromatic nitrogens is 2. The zero-order chi connectivity index (χ0) is 23.0. The second-order valence-electron chi connectivity index (χ2n) is 7.20. The van der Waals surface area contributed by atoms with Crippen LogP contribution >= 0.6 is 0 Å². The van der Waals surface area contributed by atoms with Crippen molar-refractivity contribution in [1.29, 1.82) is 0 Å². The molecule has 2 saturated heterocycles. The Labute approximate surface area is 178 Å². The van der Waals surface area contributed by atoms with Gasteiger partial charge in [0.15, 0.2) is 5.69 Å². The molecule has 4 N–H and O–H groups in total. The van der Waals surface area contributed by atoms with E-state index in [1.165, 1.54) is 12.4 Å². The zero-order valence-electron chi connectivity index (χ0n) is 17.3. The number of fused-ring (bicyclic) bond motifs is 1. The number of carboxylic acid groups (broad SMARTS) is 2. The maximum atomic E-state index is 12.9. The van der Waals surface area contributed by atoms with Gasteiger partial charge in [-0.2, -0.15) is 0 Å². The summed E-state index contributed by atoms with van der Waals surface area (Å²) in [5, 5.41) is 18.2. The molecule has 1 amide bonds. The number of hydrogen-bond donors (Lipinski definition) is 4. The van der Waals surface area contributed by atoms with Gasteiger partial charge < -0.3 is 25.4 Å². The van der Waals surface area contributed by atoms with Gasteiger partial charge in [-0.3, -0.25) is 19.2 Å². The highest BCUT2D eigenvalue weighted by Crippen LogP contribution is 2.42. The number of aliphatic carboxylic acids is 2. The summed E-state index contributed by atoms with van der Waals surface area (Å²) in [7, 11) is 0. The van der Waals surface area contributed by atoms with E-state index in [0.717, 1.165) is 32.5 Å². The van der Waals surface area contributed by atoms with Crippen molar-refractivity contribution in [2.45, 2.75) is 19.9 Å². The van der Waals surface area contributed by atoms with Crippen LogP contribution in [-0.2, 0) is 9.59 Å². The molecule has 0 saturated carbocycles. The molecule has 166 valence electrons. The quantitative estimate of drug-likeness (QED) is 0.550. The van der Waals surface area contributed by atoms with E-state index in [9.17, 15) is 9.59 Å². The molecule has 0 aliphatic carbocycles. The van der Waals surface area contributed by atoms with E-state index in [1.807, 2.05) is 35.2 Å². The summed E-state index contributed by atoms with van der Waals surface area (Å²) >= 11 is 0. The van der Waals surface area contributed by atoms with Gasteiger partial charge in [0.05, 0.1) is 6.04 Å². The van der Waals surface area contributed by atoms with Crippen molar-refractivity contribution in [3.8, 4) is 0 Å². The normalized spacial score (nSPS) is 21.1. The lowest BCUT2D eigenvalue weighted by molar-refractivity contribution is -0.135. The molecule has 0 spiro atoms. The molecule has 1 aromatic carbocycles. The molecular formula is C21H26N4O6. The fraction of sp³-hybridized carbons (Fsp3) is 0.381.